The summed E-state index contributed by atoms with van der Waals surface area (Å²) in [6.45, 7) is 1.11. The van der Waals surface area contributed by atoms with Crippen LogP contribution in [0.3, 0.4) is 0 Å². The van der Waals surface area contributed by atoms with Crippen LogP contribution in [-0.2, 0) is 4.74 Å². The molecular weight excluding hydrogens is 304 g/mol. The van der Waals surface area contributed by atoms with E-state index in [0.717, 1.165) is 36.5 Å². The van der Waals surface area contributed by atoms with Crippen LogP contribution in [0.1, 0.15) is 19.3 Å². The molecule has 7 heteroatoms. The molecule has 2 aliphatic rings. The smallest absolute Gasteiger partial charge is 0.276 e. The third-order valence-electron chi connectivity index (χ3n) is 3.69. The molecule has 3 heterocycles. The number of hydrogen-bond acceptors (Lipinski definition) is 7. The fraction of sp³-hybridized carbons (Fsp3) is 0.467. The fourth-order valence-corrected chi connectivity index (χ4v) is 3.35. The van der Waals surface area contributed by atoms with Gasteiger partial charge in [0.2, 0.25) is 12.7 Å². The maximum atomic E-state index is 5.71. The van der Waals surface area contributed by atoms with Crippen molar-refractivity contribution in [3.05, 3.63) is 18.2 Å². The fourth-order valence-electron chi connectivity index (χ4n) is 2.52. The van der Waals surface area contributed by atoms with E-state index in [-0.39, 0.29) is 6.79 Å². The van der Waals surface area contributed by atoms with Crippen molar-refractivity contribution < 1.29 is 18.6 Å². The van der Waals surface area contributed by atoms with Gasteiger partial charge >= 0.3 is 0 Å². The summed E-state index contributed by atoms with van der Waals surface area (Å²) in [5, 5.41) is 8.76. The van der Waals surface area contributed by atoms with E-state index in [1.54, 1.807) is 11.8 Å². The topological polar surface area (TPSA) is 66.6 Å². The lowest BCUT2D eigenvalue weighted by Crippen LogP contribution is -2.21. The Labute approximate surface area is 132 Å². The lowest BCUT2D eigenvalue weighted by molar-refractivity contribution is 0.0314. The molecule has 0 radical (unpaired) electrons. The molecule has 0 saturated carbocycles. The van der Waals surface area contributed by atoms with E-state index in [1.165, 1.54) is 6.42 Å². The van der Waals surface area contributed by atoms with Crippen molar-refractivity contribution in [3.8, 4) is 23.0 Å². The maximum absolute atomic E-state index is 5.71. The summed E-state index contributed by atoms with van der Waals surface area (Å²) in [5.74, 6) is 2.79. The van der Waals surface area contributed by atoms with Gasteiger partial charge in [-0.2, -0.15) is 0 Å². The monoisotopic (exact) mass is 320 g/mol. The van der Waals surface area contributed by atoms with Crippen molar-refractivity contribution in [2.45, 2.75) is 30.6 Å². The molecule has 1 aromatic carbocycles. The molecule has 0 bridgehead atoms. The Balaban J connectivity index is 1.42. The van der Waals surface area contributed by atoms with Crippen LogP contribution < -0.4 is 9.47 Å². The predicted octanol–water partition coefficient (Wildman–Crippen LogP) is 3.13. The van der Waals surface area contributed by atoms with Crippen LogP contribution in [-0.4, -0.2) is 35.5 Å². The molecule has 0 N–H and O–H groups in total. The number of aromatic nitrogens is 2. The highest BCUT2D eigenvalue weighted by Crippen LogP contribution is 2.36. The van der Waals surface area contributed by atoms with Gasteiger partial charge in [0.1, 0.15) is 0 Å². The number of hydrogen-bond donors (Lipinski definition) is 0. The highest BCUT2D eigenvalue weighted by molar-refractivity contribution is 7.99. The third kappa shape index (κ3) is 2.91. The lowest BCUT2D eigenvalue weighted by Gasteiger charge is -2.21. The minimum Gasteiger partial charge on any atom is -0.454 e. The molecule has 2 aromatic rings. The molecular formula is C15H16N2O4S. The van der Waals surface area contributed by atoms with Crippen LogP contribution in [0.25, 0.3) is 11.5 Å². The molecule has 116 valence electrons. The lowest BCUT2D eigenvalue weighted by atomic mass is 10.1. The maximum Gasteiger partial charge on any atom is 0.276 e. The first-order valence-corrected chi connectivity index (χ1v) is 8.35. The van der Waals surface area contributed by atoms with E-state index in [1.807, 2.05) is 18.2 Å². The second kappa shape index (κ2) is 6.18. The minimum atomic E-state index is 0.255. The van der Waals surface area contributed by atoms with Gasteiger partial charge in [-0.15, -0.1) is 10.2 Å². The van der Waals surface area contributed by atoms with Crippen molar-refractivity contribution >= 4 is 11.8 Å². The van der Waals surface area contributed by atoms with Gasteiger partial charge in [0.25, 0.3) is 5.22 Å². The Morgan fingerprint density at radius 1 is 1.14 bits per heavy atom. The van der Waals surface area contributed by atoms with E-state index >= 15 is 0 Å². The van der Waals surface area contributed by atoms with E-state index in [2.05, 4.69) is 10.2 Å². The Kier molecular flexibility index (Phi) is 3.90. The van der Waals surface area contributed by atoms with Gasteiger partial charge in [-0.1, -0.05) is 11.8 Å². The Morgan fingerprint density at radius 2 is 2.09 bits per heavy atom. The normalized spacial score (nSPS) is 20.3. The number of rotatable bonds is 4. The van der Waals surface area contributed by atoms with Gasteiger partial charge in [0.15, 0.2) is 11.5 Å². The average molecular weight is 320 g/mol. The number of fused-ring (bicyclic) bond motifs is 1. The molecule has 0 spiro atoms. The molecule has 2 aliphatic heterocycles. The second-order valence-electron chi connectivity index (χ2n) is 5.24. The van der Waals surface area contributed by atoms with Crippen LogP contribution in [0.5, 0.6) is 11.5 Å². The Hall–Kier alpha value is -1.73. The third-order valence-corrected chi connectivity index (χ3v) is 4.64. The van der Waals surface area contributed by atoms with Crippen LogP contribution in [0.4, 0.5) is 0 Å². The summed E-state index contributed by atoms with van der Waals surface area (Å²) in [6.07, 6.45) is 3.79. The molecule has 1 atom stereocenters. The highest BCUT2D eigenvalue weighted by atomic mass is 32.2. The first kappa shape index (κ1) is 13.9. The number of nitrogens with zero attached hydrogens (tertiary/aromatic N) is 2. The van der Waals surface area contributed by atoms with Gasteiger partial charge in [0, 0.05) is 17.9 Å². The van der Waals surface area contributed by atoms with Crippen molar-refractivity contribution in [2.75, 3.05) is 19.2 Å². The summed E-state index contributed by atoms with van der Waals surface area (Å²) in [4.78, 5) is 0. The zero-order valence-electron chi connectivity index (χ0n) is 12.0. The summed E-state index contributed by atoms with van der Waals surface area (Å²) < 4.78 is 22.1. The van der Waals surface area contributed by atoms with E-state index in [0.29, 0.717) is 23.0 Å². The number of ether oxygens (including phenoxy) is 3. The molecule has 6 nitrogen and oxygen atoms in total. The van der Waals surface area contributed by atoms with Crippen molar-refractivity contribution in [2.24, 2.45) is 0 Å². The van der Waals surface area contributed by atoms with Crippen molar-refractivity contribution in [1.82, 2.24) is 10.2 Å². The molecule has 4 rings (SSSR count). The van der Waals surface area contributed by atoms with Gasteiger partial charge in [-0.25, -0.2) is 0 Å². The van der Waals surface area contributed by atoms with Crippen molar-refractivity contribution in [1.29, 1.82) is 0 Å². The summed E-state index contributed by atoms with van der Waals surface area (Å²) in [5.41, 5.74) is 0.831. The highest BCUT2D eigenvalue weighted by Gasteiger charge is 2.18. The largest absolute Gasteiger partial charge is 0.454 e. The first-order chi connectivity index (χ1) is 10.9. The minimum absolute atomic E-state index is 0.255. The zero-order valence-corrected chi connectivity index (χ0v) is 12.8. The molecule has 0 amide bonds. The van der Waals surface area contributed by atoms with Gasteiger partial charge in [0.05, 0.1) is 6.10 Å². The number of benzene rings is 1. The Morgan fingerprint density at radius 3 is 3.00 bits per heavy atom. The molecule has 0 aliphatic carbocycles. The molecule has 22 heavy (non-hydrogen) atoms. The second-order valence-corrected chi connectivity index (χ2v) is 6.21. The van der Waals surface area contributed by atoms with Gasteiger partial charge < -0.3 is 18.6 Å². The van der Waals surface area contributed by atoms with Crippen LogP contribution in [0.2, 0.25) is 0 Å². The number of thioether (sulfide) groups is 1. The van der Waals surface area contributed by atoms with Gasteiger partial charge in [-0.05, 0) is 37.5 Å². The SMILES string of the molecule is c1cc2c(cc1-c1nnc(SC[C@H]3CCCCO3)o1)OCO2. The Bertz CT molecular complexity index is 655. The molecule has 1 saturated heterocycles. The predicted molar refractivity (Wildman–Crippen MR) is 80.2 cm³/mol. The molecule has 0 unspecified atom stereocenters. The molecule has 1 fully saturated rings. The standard InChI is InChI=1S/C15H16N2O4S/c1-2-6-18-11(3-1)8-22-15-17-16-14(21-15)10-4-5-12-13(7-10)20-9-19-12/h4-5,7,11H,1-3,6,8-9H2/t11-/m1/s1. The first-order valence-electron chi connectivity index (χ1n) is 7.36. The van der Waals surface area contributed by atoms with Gasteiger partial charge in [-0.3, -0.25) is 0 Å². The average Bonchev–Trinajstić information content (AvgIpc) is 3.22. The van der Waals surface area contributed by atoms with E-state index < -0.39 is 0 Å². The quantitative estimate of drug-likeness (QED) is 0.802. The summed E-state index contributed by atoms with van der Waals surface area (Å²) >= 11 is 1.55. The van der Waals surface area contributed by atoms with E-state index in [4.69, 9.17) is 18.6 Å². The van der Waals surface area contributed by atoms with Crippen LogP contribution in [0.15, 0.2) is 27.8 Å². The van der Waals surface area contributed by atoms with E-state index in [9.17, 15) is 0 Å². The van der Waals surface area contributed by atoms with Crippen molar-refractivity contribution in [3.63, 3.8) is 0 Å². The summed E-state index contributed by atoms with van der Waals surface area (Å²) in [6, 6.07) is 5.60. The summed E-state index contributed by atoms with van der Waals surface area (Å²) in [7, 11) is 0. The van der Waals surface area contributed by atoms with Crippen LogP contribution in [0, 0.1) is 0 Å². The zero-order chi connectivity index (χ0) is 14.8. The van der Waals surface area contributed by atoms with Crippen LogP contribution >= 0.6 is 11.8 Å². The molecule has 1 aromatic heterocycles.